The van der Waals surface area contributed by atoms with Crippen molar-refractivity contribution in [2.24, 2.45) is 5.92 Å². The molecule has 2 aliphatic heterocycles. The predicted octanol–water partition coefficient (Wildman–Crippen LogP) is 2.41. The van der Waals surface area contributed by atoms with E-state index in [4.69, 9.17) is 4.74 Å². The van der Waals surface area contributed by atoms with Gasteiger partial charge in [-0.15, -0.1) is 0 Å². The molecule has 2 heterocycles. The molecule has 0 aliphatic carbocycles. The number of carbonyl (C=O) groups is 2. The number of ether oxygens (including phenoxy) is 1. The van der Waals surface area contributed by atoms with Gasteiger partial charge in [-0.25, -0.2) is 4.79 Å². The monoisotopic (exact) mass is 360 g/mol. The Bertz CT molecular complexity index is 591. The summed E-state index contributed by atoms with van der Waals surface area (Å²) in [5.41, 5.74) is 0.980. The van der Waals surface area contributed by atoms with Gasteiger partial charge in [-0.05, 0) is 37.2 Å². The smallest absolute Gasteiger partial charge is 0.410 e. The molecule has 2 saturated heterocycles. The molecule has 0 unspecified atom stereocenters. The number of amides is 2. The summed E-state index contributed by atoms with van der Waals surface area (Å²) in [5.74, 6) is 0.509. The van der Waals surface area contributed by atoms with E-state index in [0.717, 1.165) is 18.4 Å². The Kier molecular flexibility index (Phi) is 6.50. The number of rotatable bonds is 4. The average Bonchev–Trinajstić information content (AvgIpc) is 2.68. The van der Waals surface area contributed by atoms with Crippen LogP contribution in [0.1, 0.15) is 37.7 Å². The van der Waals surface area contributed by atoms with E-state index in [1.807, 2.05) is 35.2 Å². The Morgan fingerprint density at radius 3 is 2.23 bits per heavy atom. The SMILES string of the molecule is O=C(CC1CCN(C(=O)OCc2ccccc2)CC1)N1CCC(O)CC1. The number of hydrogen-bond donors (Lipinski definition) is 1. The van der Waals surface area contributed by atoms with Crippen molar-refractivity contribution in [1.82, 2.24) is 9.80 Å². The summed E-state index contributed by atoms with van der Waals surface area (Å²) in [6, 6.07) is 9.66. The van der Waals surface area contributed by atoms with Gasteiger partial charge in [0.1, 0.15) is 6.61 Å². The fourth-order valence-electron chi connectivity index (χ4n) is 3.62. The van der Waals surface area contributed by atoms with Crippen LogP contribution in [0.15, 0.2) is 30.3 Å². The standard InChI is InChI=1S/C20H28N2O4/c23-18-8-12-21(13-9-18)19(24)14-16-6-10-22(11-7-16)20(25)26-15-17-4-2-1-3-5-17/h1-5,16,18,23H,6-15H2. The van der Waals surface area contributed by atoms with Gasteiger partial charge in [-0.3, -0.25) is 4.79 Å². The predicted molar refractivity (Wildman–Crippen MR) is 97.4 cm³/mol. The van der Waals surface area contributed by atoms with Gasteiger partial charge in [0, 0.05) is 32.6 Å². The van der Waals surface area contributed by atoms with Gasteiger partial charge in [0.2, 0.25) is 5.91 Å². The minimum atomic E-state index is -0.274. The number of carbonyl (C=O) groups excluding carboxylic acids is 2. The maximum atomic E-state index is 12.4. The minimum absolute atomic E-state index is 0.182. The molecule has 2 aliphatic rings. The molecule has 3 rings (SSSR count). The Morgan fingerprint density at radius 2 is 1.58 bits per heavy atom. The van der Waals surface area contributed by atoms with Crippen molar-refractivity contribution >= 4 is 12.0 Å². The summed E-state index contributed by atoms with van der Waals surface area (Å²) in [7, 11) is 0. The number of aliphatic hydroxyl groups excluding tert-OH is 1. The van der Waals surface area contributed by atoms with Gasteiger partial charge in [0.05, 0.1) is 6.10 Å². The molecule has 26 heavy (non-hydrogen) atoms. The Hall–Kier alpha value is -2.08. The third kappa shape index (κ3) is 5.21. The Morgan fingerprint density at radius 1 is 0.962 bits per heavy atom. The van der Waals surface area contributed by atoms with E-state index >= 15 is 0 Å². The normalized spacial score (nSPS) is 19.4. The highest BCUT2D eigenvalue weighted by Crippen LogP contribution is 2.23. The van der Waals surface area contributed by atoms with Crippen LogP contribution in [-0.4, -0.2) is 59.2 Å². The highest BCUT2D eigenvalue weighted by molar-refractivity contribution is 5.76. The minimum Gasteiger partial charge on any atom is -0.445 e. The highest BCUT2D eigenvalue weighted by Gasteiger charge is 2.28. The van der Waals surface area contributed by atoms with Crippen LogP contribution in [0.4, 0.5) is 4.79 Å². The zero-order chi connectivity index (χ0) is 18.4. The largest absolute Gasteiger partial charge is 0.445 e. The molecule has 0 saturated carbocycles. The fourth-order valence-corrected chi connectivity index (χ4v) is 3.62. The molecule has 0 bridgehead atoms. The van der Waals surface area contributed by atoms with E-state index in [2.05, 4.69) is 0 Å². The molecule has 0 aromatic heterocycles. The number of nitrogens with zero attached hydrogens (tertiary/aromatic N) is 2. The third-order valence-corrected chi connectivity index (χ3v) is 5.36. The lowest BCUT2D eigenvalue weighted by atomic mass is 9.92. The van der Waals surface area contributed by atoms with Gasteiger partial charge in [-0.2, -0.15) is 0 Å². The highest BCUT2D eigenvalue weighted by atomic mass is 16.6. The molecule has 0 atom stereocenters. The zero-order valence-corrected chi connectivity index (χ0v) is 15.2. The molecular formula is C20H28N2O4. The maximum absolute atomic E-state index is 12.4. The van der Waals surface area contributed by atoms with Crippen molar-refractivity contribution in [2.45, 2.75) is 44.8 Å². The number of benzene rings is 1. The van der Waals surface area contributed by atoms with Gasteiger partial charge < -0.3 is 19.6 Å². The molecule has 6 nitrogen and oxygen atoms in total. The van der Waals surface area contributed by atoms with Crippen LogP contribution < -0.4 is 0 Å². The molecule has 6 heteroatoms. The van der Waals surface area contributed by atoms with Crippen molar-refractivity contribution in [1.29, 1.82) is 0 Å². The van der Waals surface area contributed by atoms with E-state index in [-0.39, 0.29) is 18.1 Å². The lowest BCUT2D eigenvalue weighted by molar-refractivity contribution is -0.134. The second-order valence-corrected chi connectivity index (χ2v) is 7.29. The van der Waals surface area contributed by atoms with Crippen LogP contribution >= 0.6 is 0 Å². The van der Waals surface area contributed by atoms with E-state index in [9.17, 15) is 14.7 Å². The van der Waals surface area contributed by atoms with Crippen molar-refractivity contribution in [3.63, 3.8) is 0 Å². The van der Waals surface area contributed by atoms with Gasteiger partial charge in [-0.1, -0.05) is 30.3 Å². The number of piperidine rings is 2. The molecule has 1 aromatic carbocycles. The molecule has 1 N–H and O–H groups in total. The molecule has 2 amide bonds. The second-order valence-electron chi connectivity index (χ2n) is 7.29. The van der Waals surface area contributed by atoms with Crippen LogP contribution in [0, 0.1) is 5.92 Å². The molecule has 142 valence electrons. The zero-order valence-electron chi connectivity index (χ0n) is 15.2. The van der Waals surface area contributed by atoms with E-state index in [0.29, 0.717) is 58.0 Å². The number of likely N-dealkylation sites (tertiary alicyclic amines) is 2. The summed E-state index contributed by atoms with van der Waals surface area (Å²) in [4.78, 5) is 28.2. The summed E-state index contributed by atoms with van der Waals surface area (Å²) in [5, 5.41) is 9.54. The van der Waals surface area contributed by atoms with Crippen molar-refractivity contribution in [3.05, 3.63) is 35.9 Å². The lowest BCUT2D eigenvalue weighted by Crippen LogP contribution is -2.43. The maximum Gasteiger partial charge on any atom is 0.410 e. The van der Waals surface area contributed by atoms with Gasteiger partial charge in [0.25, 0.3) is 0 Å². The summed E-state index contributed by atoms with van der Waals surface area (Å²) in [6.07, 6.45) is 3.04. The van der Waals surface area contributed by atoms with Gasteiger partial charge >= 0.3 is 6.09 Å². The first-order chi connectivity index (χ1) is 12.6. The first-order valence-electron chi connectivity index (χ1n) is 9.53. The molecule has 0 spiro atoms. The average molecular weight is 360 g/mol. The van der Waals surface area contributed by atoms with Crippen molar-refractivity contribution in [2.75, 3.05) is 26.2 Å². The summed E-state index contributed by atoms with van der Waals surface area (Å²) < 4.78 is 5.38. The van der Waals surface area contributed by atoms with Crippen LogP contribution in [0.3, 0.4) is 0 Å². The van der Waals surface area contributed by atoms with Crippen molar-refractivity contribution in [3.8, 4) is 0 Å². The first-order valence-corrected chi connectivity index (χ1v) is 9.53. The molecule has 1 aromatic rings. The third-order valence-electron chi connectivity index (χ3n) is 5.36. The van der Waals surface area contributed by atoms with Crippen LogP contribution in [-0.2, 0) is 16.1 Å². The molecular weight excluding hydrogens is 332 g/mol. The van der Waals surface area contributed by atoms with E-state index in [1.165, 1.54) is 0 Å². The molecule has 0 radical (unpaired) electrons. The van der Waals surface area contributed by atoms with Crippen LogP contribution in [0.2, 0.25) is 0 Å². The van der Waals surface area contributed by atoms with Crippen LogP contribution in [0.25, 0.3) is 0 Å². The van der Waals surface area contributed by atoms with Crippen LogP contribution in [0.5, 0.6) is 0 Å². The fraction of sp³-hybridized carbons (Fsp3) is 0.600. The molecule has 2 fully saturated rings. The summed E-state index contributed by atoms with van der Waals surface area (Å²) >= 11 is 0. The Balaban J connectivity index is 1.37. The quantitative estimate of drug-likeness (QED) is 0.895. The topological polar surface area (TPSA) is 70.1 Å². The first kappa shape index (κ1) is 18.7. The van der Waals surface area contributed by atoms with E-state index in [1.54, 1.807) is 4.90 Å². The Labute approximate surface area is 154 Å². The van der Waals surface area contributed by atoms with E-state index < -0.39 is 0 Å². The lowest BCUT2D eigenvalue weighted by Gasteiger charge is -2.34. The van der Waals surface area contributed by atoms with Gasteiger partial charge in [0.15, 0.2) is 0 Å². The second kappa shape index (κ2) is 9.03. The number of hydrogen-bond acceptors (Lipinski definition) is 4. The number of aliphatic hydroxyl groups is 1. The van der Waals surface area contributed by atoms with Crippen molar-refractivity contribution < 1.29 is 19.4 Å². The summed E-state index contributed by atoms with van der Waals surface area (Å²) in [6.45, 7) is 2.89.